The van der Waals surface area contributed by atoms with Crippen molar-refractivity contribution < 1.29 is 18.0 Å². The second-order valence-electron chi connectivity index (χ2n) is 9.24. The van der Waals surface area contributed by atoms with Crippen LogP contribution in [0.4, 0.5) is 5.69 Å². The number of anilines is 1. The molecule has 0 spiro atoms. The summed E-state index contributed by atoms with van der Waals surface area (Å²) in [6.45, 7) is 2.18. The number of benzene rings is 3. The first kappa shape index (κ1) is 30.7. The fourth-order valence-corrected chi connectivity index (χ4v) is 5.31. The molecule has 3 aromatic rings. The van der Waals surface area contributed by atoms with Gasteiger partial charge < -0.3 is 10.2 Å². The zero-order chi connectivity index (χ0) is 28.4. The maximum absolute atomic E-state index is 14.0. The summed E-state index contributed by atoms with van der Waals surface area (Å²) in [5, 5.41) is 3.42. The van der Waals surface area contributed by atoms with Gasteiger partial charge >= 0.3 is 0 Å². The lowest BCUT2D eigenvalue weighted by Gasteiger charge is -2.33. The Kier molecular flexibility index (Phi) is 11.4. The van der Waals surface area contributed by atoms with Gasteiger partial charge in [-0.25, -0.2) is 8.42 Å². The molecule has 3 aromatic carbocycles. The highest BCUT2D eigenvalue weighted by atomic mass is 79.9. The number of unbranched alkanes of at least 4 members (excludes halogenated alkanes) is 1. The molecule has 7 nitrogen and oxygen atoms in total. The maximum Gasteiger partial charge on any atom is 0.244 e. The lowest BCUT2D eigenvalue weighted by Crippen LogP contribution is -2.53. The van der Waals surface area contributed by atoms with E-state index >= 15 is 0 Å². The van der Waals surface area contributed by atoms with E-state index in [2.05, 4.69) is 21.2 Å². The molecule has 0 saturated heterocycles. The van der Waals surface area contributed by atoms with Gasteiger partial charge in [-0.05, 0) is 53.9 Å². The molecular formula is C29H33BrClN3O4S. The summed E-state index contributed by atoms with van der Waals surface area (Å²) in [6.07, 6.45) is 3.05. The summed E-state index contributed by atoms with van der Waals surface area (Å²) in [5.41, 5.74) is 2.01. The Bertz CT molecular complexity index is 1340. The first-order chi connectivity index (χ1) is 18.6. The van der Waals surface area contributed by atoms with Crippen LogP contribution in [0.1, 0.15) is 30.9 Å². The summed E-state index contributed by atoms with van der Waals surface area (Å²) >= 11 is 9.43. The third-order valence-corrected chi connectivity index (χ3v) is 8.08. The number of sulfonamides is 1. The quantitative estimate of drug-likeness (QED) is 0.254. The SMILES string of the molecule is CCCCNC(=O)C(Cc1ccccc1)N(Cc1ccc(Br)cc1)C(=O)CN(c1ccc(Cl)cc1)S(C)(=O)=O. The van der Waals surface area contributed by atoms with Crippen molar-refractivity contribution >= 4 is 55.1 Å². The second kappa shape index (κ2) is 14.5. The van der Waals surface area contributed by atoms with Crippen LogP contribution in [0.15, 0.2) is 83.3 Å². The molecule has 0 aromatic heterocycles. The molecule has 1 unspecified atom stereocenters. The second-order valence-corrected chi connectivity index (χ2v) is 12.5. The van der Waals surface area contributed by atoms with Crippen LogP contribution in [0.25, 0.3) is 0 Å². The van der Waals surface area contributed by atoms with Crippen LogP contribution in [-0.4, -0.2) is 50.5 Å². The summed E-state index contributed by atoms with van der Waals surface area (Å²) in [4.78, 5) is 29.0. The van der Waals surface area contributed by atoms with E-state index < -0.39 is 28.5 Å². The molecule has 0 aliphatic rings. The zero-order valence-electron chi connectivity index (χ0n) is 22.0. The summed E-state index contributed by atoms with van der Waals surface area (Å²) in [6, 6.07) is 22.3. The molecule has 3 rings (SSSR count). The molecule has 1 N–H and O–H groups in total. The first-order valence-corrected chi connectivity index (χ1v) is 15.7. The van der Waals surface area contributed by atoms with E-state index in [4.69, 9.17) is 11.6 Å². The van der Waals surface area contributed by atoms with Crippen LogP contribution in [0.2, 0.25) is 5.02 Å². The van der Waals surface area contributed by atoms with Gasteiger partial charge in [0.25, 0.3) is 0 Å². The van der Waals surface area contributed by atoms with Gasteiger partial charge in [-0.2, -0.15) is 0 Å². The minimum Gasteiger partial charge on any atom is -0.354 e. The predicted molar refractivity (Wildman–Crippen MR) is 160 cm³/mol. The Morgan fingerprint density at radius 2 is 1.59 bits per heavy atom. The van der Waals surface area contributed by atoms with Crippen molar-refractivity contribution in [2.24, 2.45) is 0 Å². The van der Waals surface area contributed by atoms with Gasteiger partial charge in [0, 0.05) is 29.0 Å². The van der Waals surface area contributed by atoms with Crippen molar-refractivity contribution in [3.8, 4) is 0 Å². The predicted octanol–water partition coefficient (Wildman–Crippen LogP) is 5.42. The molecule has 0 radical (unpaired) electrons. The van der Waals surface area contributed by atoms with Gasteiger partial charge in [-0.1, -0.05) is 83.3 Å². The van der Waals surface area contributed by atoms with Crippen LogP contribution in [0.5, 0.6) is 0 Å². The number of rotatable bonds is 13. The number of nitrogens with zero attached hydrogens (tertiary/aromatic N) is 2. The van der Waals surface area contributed by atoms with Gasteiger partial charge in [0.15, 0.2) is 0 Å². The van der Waals surface area contributed by atoms with Crippen LogP contribution in [0.3, 0.4) is 0 Å². The minimum atomic E-state index is -3.82. The average Bonchev–Trinajstić information content (AvgIpc) is 2.91. The van der Waals surface area contributed by atoms with E-state index in [0.29, 0.717) is 17.3 Å². The topological polar surface area (TPSA) is 86.8 Å². The van der Waals surface area contributed by atoms with E-state index in [1.54, 1.807) is 24.3 Å². The Labute approximate surface area is 244 Å². The minimum absolute atomic E-state index is 0.128. The normalized spacial score (nSPS) is 12.0. The Morgan fingerprint density at radius 1 is 0.949 bits per heavy atom. The molecule has 0 bridgehead atoms. The molecule has 10 heteroatoms. The van der Waals surface area contributed by atoms with E-state index in [0.717, 1.165) is 39.0 Å². The molecule has 0 aliphatic heterocycles. The Morgan fingerprint density at radius 3 is 2.18 bits per heavy atom. The summed E-state index contributed by atoms with van der Waals surface area (Å²) < 4.78 is 27.5. The van der Waals surface area contributed by atoms with Crippen LogP contribution < -0.4 is 9.62 Å². The lowest BCUT2D eigenvalue weighted by atomic mass is 10.0. The van der Waals surface area contributed by atoms with E-state index in [-0.39, 0.29) is 18.9 Å². The van der Waals surface area contributed by atoms with Gasteiger partial charge in [-0.3, -0.25) is 13.9 Å². The van der Waals surface area contributed by atoms with E-state index in [1.807, 2.05) is 61.5 Å². The van der Waals surface area contributed by atoms with Crippen LogP contribution in [-0.2, 0) is 32.6 Å². The van der Waals surface area contributed by atoms with E-state index in [1.165, 1.54) is 4.90 Å². The third-order valence-electron chi connectivity index (χ3n) is 6.16. The Balaban J connectivity index is 2.01. The van der Waals surface area contributed by atoms with Crippen molar-refractivity contribution in [1.29, 1.82) is 0 Å². The summed E-state index contributed by atoms with van der Waals surface area (Å²) in [5.74, 6) is -0.778. The van der Waals surface area contributed by atoms with Crippen molar-refractivity contribution in [1.82, 2.24) is 10.2 Å². The van der Waals surface area contributed by atoms with Gasteiger partial charge in [0.05, 0.1) is 11.9 Å². The largest absolute Gasteiger partial charge is 0.354 e. The van der Waals surface area contributed by atoms with Gasteiger partial charge in [0.1, 0.15) is 12.6 Å². The highest BCUT2D eigenvalue weighted by Crippen LogP contribution is 2.22. The standard InChI is InChI=1S/C29H33BrClN3O4S/c1-3-4-18-32-29(36)27(19-22-8-6-5-7-9-22)33(20-23-10-12-24(30)13-11-23)28(35)21-34(39(2,37)38)26-16-14-25(31)15-17-26/h5-17,27H,3-4,18-21H2,1-2H3,(H,32,36). The number of carbonyl (C=O) groups excluding carboxylic acids is 2. The number of hydrogen-bond donors (Lipinski definition) is 1. The third kappa shape index (κ3) is 9.37. The number of nitrogens with one attached hydrogen (secondary N) is 1. The number of halogens is 2. The molecule has 208 valence electrons. The monoisotopic (exact) mass is 633 g/mol. The highest BCUT2D eigenvalue weighted by Gasteiger charge is 2.32. The van der Waals surface area contributed by atoms with Crippen molar-refractivity contribution in [3.05, 3.63) is 99.5 Å². The smallest absolute Gasteiger partial charge is 0.244 e. The van der Waals surface area contributed by atoms with E-state index in [9.17, 15) is 18.0 Å². The molecule has 2 amide bonds. The van der Waals surface area contributed by atoms with Crippen LogP contribution >= 0.6 is 27.5 Å². The van der Waals surface area contributed by atoms with Crippen LogP contribution in [0, 0.1) is 0 Å². The first-order valence-electron chi connectivity index (χ1n) is 12.7. The summed E-state index contributed by atoms with van der Waals surface area (Å²) in [7, 11) is -3.82. The van der Waals surface area contributed by atoms with Gasteiger partial charge in [0.2, 0.25) is 21.8 Å². The molecule has 0 heterocycles. The highest BCUT2D eigenvalue weighted by molar-refractivity contribution is 9.10. The fourth-order valence-electron chi connectivity index (χ4n) is 4.07. The Hall–Kier alpha value is -2.88. The molecule has 0 aliphatic carbocycles. The molecule has 0 fully saturated rings. The number of carbonyl (C=O) groups is 2. The number of amides is 2. The molecule has 39 heavy (non-hydrogen) atoms. The zero-order valence-corrected chi connectivity index (χ0v) is 25.2. The average molecular weight is 635 g/mol. The van der Waals surface area contributed by atoms with Crippen molar-refractivity contribution in [2.45, 2.75) is 38.8 Å². The maximum atomic E-state index is 14.0. The van der Waals surface area contributed by atoms with Crippen molar-refractivity contribution in [3.63, 3.8) is 0 Å². The van der Waals surface area contributed by atoms with Crippen molar-refractivity contribution in [2.75, 3.05) is 23.7 Å². The molecule has 0 saturated carbocycles. The molecule has 1 atom stereocenters. The fraction of sp³-hybridized carbons (Fsp3) is 0.310. The number of hydrogen-bond acceptors (Lipinski definition) is 4. The molecular weight excluding hydrogens is 602 g/mol. The lowest BCUT2D eigenvalue weighted by molar-refractivity contribution is -0.140. The van der Waals surface area contributed by atoms with Gasteiger partial charge in [-0.15, -0.1) is 0 Å².